The Morgan fingerprint density at radius 2 is 2.00 bits per heavy atom. The smallest absolute Gasteiger partial charge is 0.328 e. The van der Waals surface area contributed by atoms with E-state index >= 15 is 0 Å². The molecule has 1 heterocycles. The summed E-state index contributed by atoms with van der Waals surface area (Å²) >= 11 is 0. The van der Waals surface area contributed by atoms with Crippen LogP contribution in [0.15, 0.2) is 64.6 Å². The lowest BCUT2D eigenvalue weighted by Gasteiger charge is -1.93. The highest BCUT2D eigenvalue weighted by Gasteiger charge is 2.03. The third kappa shape index (κ3) is 3.48. The number of allylic oxidation sites excluding steroid dienone is 5. The first-order chi connectivity index (χ1) is 9.56. The van der Waals surface area contributed by atoms with Crippen LogP contribution in [0, 0.1) is 0 Å². The van der Waals surface area contributed by atoms with Crippen LogP contribution < -0.4 is 0 Å². The molecule has 20 heavy (non-hydrogen) atoms. The standard InChI is InChI=1S/C17H16O3/c1-12(10-17(18)19)6-5-7-13(2)16-11-14-8-3-4-9-15(14)20-16/h3-11H,1-2H3,(H,18,19)/b6-5+,12-10+,13-7+. The minimum Gasteiger partial charge on any atom is -0.478 e. The zero-order valence-electron chi connectivity index (χ0n) is 11.5. The van der Waals surface area contributed by atoms with Crippen LogP contribution in [0.2, 0.25) is 0 Å². The van der Waals surface area contributed by atoms with Gasteiger partial charge in [-0.3, -0.25) is 0 Å². The summed E-state index contributed by atoms with van der Waals surface area (Å²) in [6.07, 6.45) is 6.63. The summed E-state index contributed by atoms with van der Waals surface area (Å²) in [5.74, 6) is -0.124. The highest BCUT2D eigenvalue weighted by molar-refractivity contribution is 5.82. The van der Waals surface area contributed by atoms with Crippen molar-refractivity contribution in [3.05, 3.63) is 66.0 Å². The first-order valence-electron chi connectivity index (χ1n) is 6.31. The summed E-state index contributed by atoms with van der Waals surface area (Å²) in [6, 6.07) is 9.84. The third-order valence-corrected chi connectivity index (χ3v) is 2.87. The maximum atomic E-state index is 10.5. The van der Waals surface area contributed by atoms with Crippen molar-refractivity contribution in [2.24, 2.45) is 0 Å². The molecule has 0 atom stereocenters. The van der Waals surface area contributed by atoms with Crippen LogP contribution in [0.3, 0.4) is 0 Å². The van der Waals surface area contributed by atoms with E-state index in [2.05, 4.69) is 0 Å². The maximum Gasteiger partial charge on any atom is 0.328 e. The zero-order valence-corrected chi connectivity index (χ0v) is 11.5. The molecule has 0 saturated carbocycles. The quantitative estimate of drug-likeness (QED) is 0.659. The van der Waals surface area contributed by atoms with Gasteiger partial charge in [0.2, 0.25) is 0 Å². The van der Waals surface area contributed by atoms with Crippen LogP contribution in [0.5, 0.6) is 0 Å². The Hall–Kier alpha value is -2.55. The Bertz CT molecular complexity index is 682. The fraction of sp³-hybridized carbons (Fsp3) is 0.118. The van der Waals surface area contributed by atoms with E-state index in [1.54, 1.807) is 13.0 Å². The highest BCUT2D eigenvalue weighted by atomic mass is 16.4. The molecule has 0 aliphatic heterocycles. The molecule has 0 saturated heterocycles. The molecule has 0 spiro atoms. The van der Waals surface area contributed by atoms with Gasteiger partial charge in [-0.05, 0) is 37.1 Å². The number of hydrogen-bond acceptors (Lipinski definition) is 2. The van der Waals surface area contributed by atoms with Crippen LogP contribution in [0.4, 0.5) is 0 Å². The highest BCUT2D eigenvalue weighted by Crippen LogP contribution is 2.24. The minimum atomic E-state index is -0.940. The van der Waals surface area contributed by atoms with Crippen molar-refractivity contribution in [1.29, 1.82) is 0 Å². The Morgan fingerprint density at radius 3 is 2.70 bits per heavy atom. The number of aliphatic carboxylic acids is 1. The van der Waals surface area contributed by atoms with Gasteiger partial charge >= 0.3 is 5.97 Å². The van der Waals surface area contributed by atoms with Gasteiger partial charge in [0, 0.05) is 11.5 Å². The van der Waals surface area contributed by atoms with E-state index in [-0.39, 0.29) is 0 Å². The second-order valence-electron chi connectivity index (χ2n) is 4.58. The molecule has 3 nitrogen and oxygen atoms in total. The van der Waals surface area contributed by atoms with E-state index in [1.165, 1.54) is 6.08 Å². The van der Waals surface area contributed by atoms with Crippen molar-refractivity contribution >= 4 is 22.5 Å². The van der Waals surface area contributed by atoms with Gasteiger partial charge in [0.1, 0.15) is 11.3 Å². The van der Waals surface area contributed by atoms with Gasteiger partial charge in [-0.15, -0.1) is 0 Å². The zero-order chi connectivity index (χ0) is 14.5. The van der Waals surface area contributed by atoms with Gasteiger partial charge in [-0.1, -0.05) is 36.4 Å². The molecule has 0 unspecified atom stereocenters. The lowest BCUT2D eigenvalue weighted by Crippen LogP contribution is -1.87. The Kier molecular flexibility index (Phi) is 4.20. The fourth-order valence-electron chi connectivity index (χ4n) is 1.85. The van der Waals surface area contributed by atoms with Crippen molar-refractivity contribution in [3.8, 4) is 0 Å². The molecule has 0 radical (unpaired) electrons. The van der Waals surface area contributed by atoms with Crippen LogP contribution in [0.25, 0.3) is 16.5 Å². The van der Waals surface area contributed by atoms with Gasteiger partial charge in [0.05, 0.1) is 0 Å². The summed E-state index contributed by atoms with van der Waals surface area (Å²) in [5, 5.41) is 9.68. The molecule has 1 aromatic carbocycles. The third-order valence-electron chi connectivity index (χ3n) is 2.87. The number of fused-ring (bicyclic) bond motifs is 1. The van der Waals surface area contributed by atoms with Gasteiger partial charge in [0.25, 0.3) is 0 Å². The number of benzene rings is 1. The number of rotatable bonds is 4. The molecule has 2 rings (SSSR count). The van der Waals surface area contributed by atoms with Crippen molar-refractivity contribution in [1.82, 2.24) is 0 Å². The summed E-state index contributed by atoms with van der Waals surface area (Å²) < 4.78 is 5.74. The number of carbonyl (C=O) groups is 1. The summed E-state index contributed by atoms with van der Waals surface area (Å²) in [4.78, 5) is 10.5. The van der Waals surface area contributed by atoms with Crippen molar-refractivity contribution < 1.29 is 14.3 Å². The van der Waals surface area contributed by atoms with E-state index in [0.717, 1.165) is 22.3 Å². The molecule has 0 amide bonds. The van der Waals surface area contributed by atoms with Gasteiger partial charge in [0.15, 0.2) is 0 Å². The van der Waals surface area contributed by atoms with Crippen LogP contribution >= 0.6 is 0 Å². The SMILES string of the molecule is CC(/C=C/C=C(\C)c1cc2ccccc2o1)=C\C(=O)O. The van der Waals surface area contributed by atoms with E-state index in [0.29, 0.717) is 5.57 Å². The minimum absolute atomic E-state index is 0.686. The number of hydrogen-bond donors (Lipinski definition) is 1. The molecule has 0 fully saturated rings. The molecule has 0 aliphatic carbocycles. The first-order valence-corrected chi connectivity index (χ1v) is 6.31. The monoisotopic (exact) mass is 268 g/mol. The van der Waals surface area contributed by atoms with E-state index < -0.39 is 5.97 Å². The molecular weight excluding hydrogens is 252 g/mol. The fourth-order valence-corrected chi connectivity index (χ4v) is 1.85. The number of carboxylic acids is 1. The molecule has 1 aromatic heterocycles. The lowest BCUT2D eigenvalue weighted by atomic mass is 10.2. The second-order valence-corrected chi connectivity index (χ2v) is 4.58. The lowest BCUT2D eigenvalue weighted by molar-refractivity contribution is -0.131. The number of carboxylic acid groups (broad SMARTS) is 1. The summed E-state index contributed by atoms with van der Waals surface area (Å²) in [7, 11) is 0. The molecule has 1 N–H and O–H groups in total. The van der Waals surface area contributed by atoms with Crippen molar-refractivity contribution in [2.45, 2.75) is 13.8 Å². The van der Waals surface area contributed by atoms with Crippen LogP contribution in [0.1, 0.15) is 19.6 Å². The second kappa shape index (κ2) is 6.06. The van der Waals surface area contributed by atoms with Gasteiger partial charge in [-0.25, -0.2) is 4.79 Å². The molecule has 2 aromatic rings. The average Bonchev–Trinajstić information content (AvgIpc) is 2.81. The Labute approximate surface area is 117 Å². The predicted molar refractivity (Wildman–Crippen MR) is 80.4 cm³/mol. The van der Waals surface area contributed by atoms with Crippen LogP contribution in [-0.4, -0.2) is 11.1 Å². The summed E-state index contributed by atoms with van der Waals surface area (Å²) in [5.41, 5.74) is 2.54. The van der Waals surface area contributed by atoms with Gasteiger partial charge < -0.3 is 9.52 Å². The topological polar surface area (TPSA) is 50.4 Å². The molecular formula is C17H16O3. The normalized spacial score (nSPS) is 13.3. The number of furan rings is 1. The molecule has 0 aliphatic rings. The maximum absolute atomic E-state index is 10.5. The predicted octanol–water partition coefficient (Wildman–Crippen LogP) is 4.42. The first kappa shape index (κ1) is 13.9. The molecule has 3 heteroatoms. The van der Waals surface area contributed by atoms with E-state index in [9.17, 15) is 4.79 Å². The molecule has 0 bridgehead atoms. The molecule has 102 valence electrons. The van der Waals surface area contributed by atoms with E-state index in [4.69, 9.17) is 9.52 Å². The van der Waals surface area contributed by atoms with Crippen molar-refractivity contribution in [2.75, 3.05) is 0 Å². The Morgan fingerprint density at radius 1 is 1.25 bits per heavy atom. The van der Waals surface area contributed by atoms with E-state index in [1.807, 2.05) is 49.4 Å². The van der Waals surface area contributed by atoms with Gasteiger partial charge in [-0.2, -0.15) is 0 Å². The van der Waals surface area contributed by atoms with Crippen molar-refractivity contribution in [3.63, 3.8) is 0 Å². The summed E-state index contributed by atoms with van der Waals surface area (Å²) in [6.45, 7) is 3.70. The Balaban J connectivity index is 2.18. The number of para-hydroxylation sites is 1. The van der Waals surface area contributed by atoms with Crippen LogP contribution in [-0.2, 0) is 4.79 Å². The largest absolute Gasteiger partial charge is 0.478 e. The average molecular weight is 268 g/mol.